The highest BCUT2D eigenvalue weighted by Crippen LogP contribution is 2.63. The van der Waals surface area contributed by atoms with Gasteiger partial charge in [-0.05, 0) is 24.3 Å². The van der Waals surface area contributed by atoms with Gasteiger partial charge in [0.1, 0.15) is 5.66 Å². The molecule has 0 radical (unpaired) electrons. The Morgan fingerprint density at radius 1 is 0.750 bits per heavy atom. The van der Waals surface area contributed by atoms with Crippen molar-refractivity contribution in [3.8, 4) is 0 Å². The Hall–Kier alpha value is -2.11. The molecule has 0 aromatic heterocycles. The SMILES string of the molecule is C1=CC2B(c3ccccc3)C3=CC=CC3[PH+](c3ccccc3)C2=C1. The zero-order valence-electron chi connectivity index (χ0n) is 13.5. The van der Waals surface area contributed by atoms with Gasteiger partial charge in [0.2, 0.25) is 6.71 Å². The van der Waals surface area contributed by atoms with Gasteiger partial charge in [0, 0.05) is 5.82 Å². The van der Waals surface area contributed by atoms with Gasteiger partial charge in [0.25, 0.3) is 0 Å². The maximum absolute atomic E-state index is 2.45. The van der Waals surface area contributed by atoms with Crippen molar-refractivity contribution in [2.75, 3.05) is 0 Å². The second kappa shape index (κ2) is 5.76. The first-order valence-corrected chi connectivity index (χ1v) is 10.3. The van der Waals surface area contributed by atoms with E-state index in [4.69, 9.17) is 0 Å². The highest BCUT2D eigenvalue weighted by atomic mass is 31.1. The van der Waals surface area contributed by atoms with Crippen LogP contribution in [0.2, 0.25) is 5.82 Å². The van der Waals surface area contributed by atoms with Crippen LogP contribution < -0.4 is 10.8 Å². The van der Waals surface area contributed by atoms with Crippen molar-refractivity contribution >= 4 is 25.4 Å². The summed E-state index contributed by atoms with van der Waals surface area (Å²) in [7, 11) is -0.772. The van der Waals surface area contributed by atoms with Gasteiger partial charge in [0.05, 0.1) is 18.5 Å². The number of benzene rings is 2. The maximum Gasteiger partial charge on any atom is 0.225 e. The number of fused-ring (bicyclic) bond motifs is 2. The first kappa shape index (κ1) is 14.3. The van der Waals surface area contributed by atoms with Gasteiger partial charge in [0.15, 0.2) is 0 Å². The number of hydrogen-bond donors (Lipinski definition) is 0. The lowest BCUT2D eigenvalue weighted by Gasteiger charge is -2.35. The molecule has 0 N–H and O–H groups in total. The van der Waals surface area contributed by atoms with Gasteiger partial charge >= 0.3 is 0 Å². The molecular weight excluding hydrogens is 306 g/mol. The van der Waals surface area contributed by atoms with Crippen LogP contribution >= 0.6 is 7.92 Å². The minimum Gasteiger partial charge on any atom is -0.0801 e. The Morgan fingerprint density at radius 3 is 2.25 bits per heavy atom. The topological polar surface area (TPSA) is 0 Å². The summed E-state index contributed by atoms with van der Waals surface area (Å²) in [6, 6.07) is 22.2. The van der Waals surface area contributed by atoms with Crippen LogP contribution in [0, 0.1) is 0 Å². The molecule has 0 nitrogen and oxygen atoms in total. The molecule has 1 fully saturated rings. The molecule has 3 unspecified atom stereocenters. The summed E-state index contributed by atoms with van der Waals surface area (Å²) in [5.41, 5.74) is 3.66. The van der Waals surface area contributed by atoms with E-state index in [1.54, 1.807) is 10.8 Å². The molecular formula is C22H19BP+. The third kappa shape index (κ3) is 2.12. The average Bonchev–Trinajstić information content (AvgIpc) is 3.30. The molecule has 0 amide bonds. The molecule has 0 saturated carbocycles. The summed E-state index contributed by atoms with van der Waals surface area (Å²) in [4.78, 5) is 0. The summed E-state index contributed by atoms with van der Waals surface area (Å²) in [5.74, 6) is 0.531. The zero-order chi connectivity index (χ0) is 15.9. The summed E-state index contributed by atoms with van der Waals surface area (Å²) in [6.45, 7) is 0.494. The molecule has 0 bridgehead atoms. The van der Waals surface area contributed by atoms with Gasteiger partial charge in [-0.1, -0.05) is 83.8 Å². The molecule has 2 aliphatic carbocycles. The molecule has 1 heterocycles. The van der Waals surface area contributed by atoms with E-state index in [0.717, 1.165) is 0 Å². The fourth-order valence-corrected chi connectivity index (χ4v) is 7.93. The molecule has 1 saturated heterocycles. The van der Waals surface area contributed by atoms with E-state index in [1.807, 2.05) is 0 Å². The lowest BCUT2D eigenvalue weighted by Crippen LogP contribution is -2.43. The van der Waals surface area contributed by atoms with Gasteiger partial charge < -0.3 is 0 Å². The molecule has 1 aliphatic heterocycles. The van der Waals surface area contributed by atoms with E-state index in [0.29, 0.717) is 18.2 Å². The van der Waals surface area contributed by atoms with Crippen LogP contribution in [0.25, 0.3) is 0 Å². The molecule has 3 atom stereocenters. The summed E-state index contributed by atoms with van der Waals surface area (Å²) in [6.07, 6.45) is 14.2. The lowest BCUT2D eigenvalue weighted by molar-refractivity contribution is 1.23. The van der Waals surface area contributed by atoms with E-state index in [-0.39, 0.29) is 0 Å². The second-order valence-corrected chi connectivity index (χ2v) is 9.33. The van der Waals surface area contributed by atoms with E-state index >= 15 is 0 Å². The van der Waals surface area contributed by atoms with Crippen LogP contribution in [0.5, 0.6) is 0 Å². The van der Waals surface area contributed by atoms with Crippen molar-refractivity contribution in [1.29, 1.82) is 0 Å². The molecule has 3 aliphatic rings. The summed E-state index contributed by atoms with van der Waals surface area (Å²) in [5, 5.41) is 3.21. The van der Waals surface area contributed by atoms with Gasteiger partial charge in [-0.3, -0.25) is 0 Å². The fraction of sp³-hybridized carbons (Fsp3) is 0.0909. The minimum absolute atomic E-state index is 0.494. The predicted octanol–water partition coefficient (Wildman–Crippen LogP) is 4.17. The summed E-state index contributed by atoms with van der Waals surface area (Å²) >= 11 is 0. The van der Waals surface area contributed by atoms with E-state index in [9.17, 15) is 0 Å². The van der Waals surface area contributed by atoms with Crippen molar-refractivity contribution in [3.63, 3.8) is 0 Å². The standard InChI is InChI=1S/C22H18BP/c1-3-9-17(10-4-1)23-19-13-7-15-21(19)24(18-11-5-2-6-12-18)22-16-8-14-20(22)23/h1-16,19,22H/p+1. The Balaban J connectivity index is 1.65. The van der Waals surface area contributed by atoms with E-state index in [1.165, 1.54) is 10.8 Å². The average molecular weight is 325 g/mol. The van der Waals surface area contributed by atoms with Crippen molar-refractivity contribution in [2.24, 2.45) is 0 Å². The Morgan fingerprint density at radius 2 is 1.46 bits per heavy atom. The quantitative estimate of drug-likeness (QED) is 0.574. The molecule has 24 heavy (non-hydrogen) atoms. The van der Waals surface area contributed by atoms with E-state index < -0.39 is 7.92 Å². The normalized spacial score (nSPS) is 26.8. The van der Waals surface area contributed by atoms with Crippen LogP contribution in [0.4, 0.5) is 0 Å². The second-order valence-electron chi connectivity index (χ2n) is 6.73. The molecule has 2 aromatic carbocycles. The Bertz CT molecular complexity index is 801. The van der Waals surface area contributed by atoms with E-state index in [2.05, 4.69) is 97.1 Å². The van der Waals surface area contributed by atoms with Crippen molar-refractivity contribution < 1.29 is 0 Å². The smallest absolute Gasteiger partial charge is 0.0801 e. The Kier molecular flexibility index (Phi) is 3.42. The largest absolute Gasteiger partial charge is 0.225 e. The first-order valence-electron chi connectivity index (χ1n) is 8.68. The monoisotopic (exact) mass is 325 g/mol. The number of rotatable bonds is 2. The maximum atomic E-state index is 2.45. The van der Waals surface area contributed by atoms with Gasteiger partial charge in [-0.25, -0.2) is 0 Å². The third-order valence-corrected chi connectivity index (χ3v) is 8.71. The highest BCUT2D eigenvalue weighted by Gasteiger charge is 2.52. The number of allylic oxidation sites excluding steroid dienone is 8. The van der Waals surface area contributed by atoms with Crippen LogP contribution in [0.15, 0.2) is 108 Å². The number of hydrogen-bond acceptors (Lipinski definition) is 0. The first-order chi connectivity index (χ1) is 11.9. The molecule has 114 valence electrons. The molecule has 2 heteroatoms. The molecule has 2 aromatic rings. The minimum atomic E-state index is -0.772. The predicted molar refractivity (Wildman–Crippen MR) is 108 cm³/mol. The van der Waals surface area contributed by atoms with Crippen molar-refractivity contribution in [1.82, 2.24) is 0 Å². The highest BCUT2D eigenvalue weighted by molar-refractivity contribution is 7.71. The lowest BCUT2D eigenvalue weighted by atomic mass is 9.32. The summed E-state index contributed by atoms with van der Waals surface area (Å²) < 4.78 is 0. The Labute approximate surface area is 145 Å². The molecule has 0 spiro atoms. The van der Waals surface area contributed by atoms with Gasteiger partial charge in [-0.15, -0.1) is 0 Å². The van der Waals surface area contributed by atoms with Crippen LogP contribution in [0.1, 0.15) is 0 Å². The van der Waals surface area contributed by atoms with Crippen LogP contribution in [0.3, 0.4) is 0 Å². The molecule has 5 rings (SSSR count). The fourth-order valence-electron chi connectivity index (χ4n) is 4.52. The zero-order valence-corrected chi connectivity index (χ0v) is 14.5. The van der Waals surface area contributed by atoms with Gasteiger partial charge in [-0.2, -0.15) is 0 Å². The van der Waals surface area contributed by atoms with Crippen molar-refractivity contribution in [3.05, 3.63) is 108 Å². The third-order valence-electron chi connectivity index (χ3n) is 5.49. The van der Waals surface area contributed by atoms with Crippen molar-refractivity contribution in [2.45, 2.75) is 11.5 Å². The van der Waals surface area contributed by atoms with Crippen LogP contribution in [-0.2, 0) is 0 Å². The van der Waals surface area contributed by atoms with Crippen LogP contribution in [-0.4, -0.2) is 12.4 Å².